The van der Waals surface area contributed by atoms with E-state index in [4.69, 9.17) is 0 Å². The SMILES string of the molecule is c1ccc(NCc2ccc(-c3cccnc3)cc2)nc1. The van der Waals surface area contributed by atoms with E-state index in [2.05, 4.69) is 45.6 Å². The topological polar surface area (TPSA) is 37.8 Å². The van der Waals surface area contributed by atoms with Crippen LogP contribution in [0.2, 0.25) is 0 Å². The first-order valence-electron chi connectivity index (χ1n) is 6.56. The first-order valence-corrected chi connectivity index (χ1v) is 6.56. The lowest BCUT2D eigenvalue weighted by molar-refractivity contribution is 1.11. The van der Waals surface area contributed by atoms with Crippen molar-refractivity contribution in [3.05, 3.63) is 78.8 Å². The van der Waals surface area contributed by atoms with Gasteiger partial charge in [-0.05, 0) is 34.9 Å². The number of aromatic nitrogens is 2. The Morgan fingerprint density at radius 1 is 0.800 bits per heavy atom. The van der Waals surface area contributed by atoms with E-state index < -0.39 is 0 Å². The van der Waals surface area contributed by atoms with Crippen LogP contribution in [0.25, 0.3) is 11.1 Å². The average molecular weight is 261 g/mol. The van der Waals surface area contributed by atoms with Gasteiger partial charge >= 0.3 is 0 Å². The summed E-state index contributed by atoms with van der Waals surface area (Å²) in [5.74, 6) is 0.892. The summed E-state index contributed by atoms with van der Waals surface area (Å²) in [5.41, 5.74) is 3.54. The standard InChI is InChI=1S/C17H15N3/c1-2-11-19-17(5-1)20-12-14-6-8-15(9-7-14)16-4-3-10-18-13-16/h1-11,13H,12H2,(H,19,20). The van der Waals surface area contributed by atoms with Crippen molar-refractivity contribution in [2.24, 2.45) is 0 Å². The van der Waals surface area contributed by atoms with Gasteiger partial charge in [-0.3, -0.25) is 4.98 Å². The van der Waals surface area contributed by atoms with Gasteiger partial charge in [-0.15, -0.1) is 0 Å². The van der Waals surface area contributed by atoms with Gasteiger partial charge in [0.15, 0.2) is 0 Å². The number of rotatable bonds is 4. The molecule has 0 fully saturated rings. The van der Waals surface area contributed by atoms with Gasteiger partial charge in [0, 0.05) is 25.1 Å². The zero-order valence-corrected chi connectivity index (χ0v) is 11.0. The Balaban J connectivity index is 1.68. The van der Waals surface area contributed by atoms with Crippen LogP contribution in [0.4, 0.5) is 5.82 Å². The van der Waals surface area contributed by atoms with Crippen molar-refractivity contribution in [1.29, 1.82) is 0 Å². The van der Waals surface area contributed by atoms with Crippen LogP contribution in [0, 0.1) is 0 Å². The van der Waals surface area contributed by atoms with Gasteiger partial charge in [0.25, 0.3) is 0 Å². The first-order chi connectivity index (χ1) is 9.92. The molecule has 20 heavy (non-hydrogen) atoms. The minimum atomic E-state index is 0.768. The molecule has 1 N–H and O–H groups in total. The molecule has 3 heteroatoms. The first kappa shape index (κ1) is 12.4. The molecule has 98 valence electrons. The summed E-state index contributed by atoms with van der Waals surface area (Å²) in [6.45, 7) is 0.768. The molecule has 0 atom stereocenters. The van der Waals surface area contributed by atoms with Gasteiger partial charge in [-0.1, -0.05) is 36.4 Å². The van der Waals surface area contributed by atoms with Crippen molar-refractivity contribution in [1.82, 2.24) is 9.97 Å². The van der Waals surface area contributed by atoms with Gasteiger partial charge in [-0.2, -0.15) is 0 Å². The Hall–Kier alpha value is -2.68. The number of pyridine rings is 2. The monoisotopic (exact) mass is 261 g/mol. The van der Waals surface area contributed by atoms with Crippen LogP contribution in [0.5, 0.6) is 0 Å². The molecule has 0 amide bonds. The summed E-state index contributed by atoms with van der Waals surface area (Å²) in [4.78, 5) is 8.38. The average Bonchev–Trinajstić information content (AvgIpc) is 2.55. The third-order valence-corrected chi connectivity index (χ3v) is 3.09. The fourth-order valence-electron chi connectivity index (χ4n) is 2.01. The summed E-state index contributed by atoms with van der Waals surface area (Å²) in [6.07, 6.45) is 5.45. The van der Waals surface area contributed by atoms with Gasteiger partial charge in [0.05, 0.1) is 0 Å². The summed E-state index contributed by atoms with van der Waals surface area (Å²) < 4.78 is 0. The van der Waals surface area contributed by atoms with Crippen molar-refractivity contribution < 1.29 is 0 Å². The van der Waals surface area contributed by atoms with Crippen LogP contribution < -0.4 is 5.32 Å². The lowest BCUT2D eigenvalue weighted by atomic mass is 10.1. The van der Waals surface area contributed by atoms with E-state index in [1.807, 2.05) is 30.5 Å². The molecule has 3 rings (SSSR count). The van der Waals surface area contributed by atoms with E-state index >= 15 is 0 Å². The van der Waals surface area contributed by atoms with Crippen LogP contribution in [0.1, 0.15) is 5.56 Å². The molecule has 0 aliphatic rings. The molecular weight excluding hydrogens is 246 g/mol. The van der Waals surface area contributed by atoms with Crippen molar-refractivity contribution in [3.8, 4) is 11.1 Å². The van der Waals surface area contributed by atoms with Crippen molar-refractivity contribution in [3.63, 3.8) is 0 Å². The number of hydrogen-bond donors (Lipinski definition) is 1. The third-order valence-electron chi connectivity index (χ3n) is 3.09. The largest absolute Gasteiger partial charge is 0.366 e. The van der Waals surface area contributed by atoms with E-state index in [1.54, 1.807) is 12.4 Å². The lowest BCUT2D eigenvalue weighted by Crippen LogP contribution is -2.00. The summed E-state index contributed by atoms with van der Waals surface area (Å²) >= 11 is 0. The van der Waals surface area contributed by atoms with Crippen molar-refractivity contribution in [2.45, 2.75) is 6.54 Å². The molecule has 0 saturated heterocycles. The maximum Gasteiger partial charge on any atom is 0.126 e. The maximum atomic E-state index is 4.24. The fourth-order valence-corrected chi connectivity index (χ4v) is 2.01. The number of nitrogens with one attached hydrogen (secondary N) is 1. The molecule has 0 spiro atoms. The lowest BCUT2D eigenvalue weighted by Gasteiger charge is -2.06. The van der Waals surface area contributed by atoms with Gasteiger partial charge < -0.3 is 5.32 Å². The minimum Gasteiger partial charge on any atom is -0.366 e. The quantitative estimate of drug-likeness (QED) is 0.777. The van der Waals surface area contributed by atoms with Crippen molar-refractivity contribution in [2.75, 3.05) is 5.32 Å². The Morgan fingerprint density at radius 3 is 2.40 bits per heavy atom. The number of benzene rings is 1. The molecule has 3 aromatic rings. The Labute approximate surface area is 118 Å². The molecule has 0 bridgehead atoms. The normalized spacial score (nSPS) is 10.2. The predicted molar refractivity (Wildman–Crippen MR) is 81.2 cm³/mol. The second kappa shape index (κ2) is 5.97. The third kappa shape index (κ3) is 3.01. The zero-order valence-electron chi connectivity index (χ0n) is 11.0. The summed E-state index contributed by atoms with van der Waals surface area (Å²) in [6, 6.07) is 18.3. The molecule has 2 aromatic heterocycles. The highest BCUT2D eigenvalue weighted by Gasteiger charge is 1.98. The highest BCUT2D eigenvalue weighted by molar-refractivity contribution is 5.62. The Bertz CT molecular complexity index is 649. The fraction of sp³-hybridized carbons (Fsp3) is 0.0588. The van der Waals surface area contributed by atoms with Crippen LogP contribution >= 0.6 is 0 Å². The number of anilines is 1. The van der Waals surface area contributed by atoms with E-state index in [-0.39, 0.29) is 0 Å². The number of hydrogen-bond acceptors (Lipinski definition) is 3. The molecule has 0 aliphatic carbocycles. The molecule has 1 aromatic carbocycles. The van der Waals surface area contributed by atoms with E-state index in [0.29, 0.717) is 0 Å². The molecule has 0 saturated carbocycles. The summed E-state index contributed by atoms with van der Waals surface area (Å²) in [5, 5.41) is 3.30. The Morgan fingerprint density at radius 2 is 1.70 bits per heavy atom. The van der Waals surface area contributed by atoms with Crippen molar-refractivity contribution >= 4 is 5.82 Å². The molecular formula is C17H15N3. The Kier molecular flexibility index (Phi) is 3.69. The van der Waals surface area contributed by atoms with Crippen LogP contribution in [0.15, 0.2) is 73.2 Å². The van der Waals surface area contributed by atoms with E-state index in [9.17, 15) is 0 Å². The summed E-state index contributed by atoms with van der Waals surface area (Å²) in [7, 11) is 0. The zero-order chi connectivity index (χ0) is 13.6. The highest BCUT2D eigenvalue weighted by Crippen LogP contribution is 2.18. The molecule has 0 unspecified atom stereocenters. The van der Waals surface area contributed by atoms with Gasteiger partial charge in [0.1, 0.15) is 5.82 Å². The van der Waals surface area contributed by atoms with Crippen LogP contribution in [0.3, 0.4) is 0 Å². The predicted octanol–water partition coefficient (Wildman–Crippen LogP) is 3.76. The number of nitrogens with zero attached hydrogens (tertiary/aromatic N) is 2. The van der Waals surface area contributed by atoms with E-state index in [1.165, 1.54) is 11.1 Å². The smallest absolute Gasteiger partial charge is 0.126 e. The highest BCUT2D eigenvalue weighted by atomic mass is 15.0. The molecule has 0 radical (unpaired) electrons. The van der Waals surface area contributed by atoms with Gasteiger partial charge in [0.2, 0.25) is 0 Å². The van der Waals surface area contributed by atoms with Crippen LogP contribution in [-0.4, -0.2) is 9.97 Å². The molecule has 2 heterocycles. The minimum absolute atomic E-state index is 0.768. The van der Waals surface area contributed by atoms with Gasteiger partial charge in [-0.25, -0.2) is 4.98 Å². The second-order valence-corrected chi connectivity index (χ2v) is 4.51. The van der Waals surface area contributed by atoms with Crippen LogP contribution in [-0.2, 0) is 6.54 Å². The molecule has 0 aliphatic heterocycles. The second-order valence-electron chi connectivity index (χ2n) is 4.51. The van der Waals surface area contributed by atoms with E-state index in [0.717, 1.165) is 17.9 Å². The maximum absolute atomic E-state index is 4.24. The molecule has 3 nitrogen and oxygen atoms in total.